The summed E-state index contributed by atoms with van der Waals surface area (Å²) in [6, 6.07) is 18.5. The molecule has 1 aliphatic heterocycles. The van der Waals surface area contributed by atoms with Gasteiger partial charge in [-0.3, -0.25) is 9.59 Å². The molecule has 0 aliphatic carbocycles. The number of ether oxygens (including phenoxy) is 1. The lowest BCUT2D eigenvalue weighted by atomic mass is 10.1. The molecule has 1 aliphatic rings. The van der Waals surface area contributed by atoms with Gasteiger partial charge >= 0.3 is 0 Å². The Morgan fingerprint density at radius 3 is 2.54 bits per heavy atom. The van der Waals surface area contributed by atoms with Crippen LogP contribution in [-0.2, 0) is 4.79 Å². The Morgan fingerprint density at radius 2 is 1.82 bits per heavy atom. The minimum absolute atomic E-state index is 0.0444. The van der Waals surface area contributed by atoms with Crippen molar-refractivity contribution >= 4 is 29.2 Å². The zero-order valence-electron chi connectivity index (χ0n) is 22.8. The van der Waals surface area contributed by atoms with Crippen molar-refractivity contribution in [1.29, 1.82) is 0 Å². The normalized spacial score (nSPS) is 13.8. The molecule has 2 amide bonds. The molecule has 9 heteroatoms. The number of carbonyl (C=O) groups is 2. The van der Waals surface area contributed by atoms with Crippen molar-refractivity contribution < 1.29 is 14.3 Å². The average Bonchev–Trinajstić information content (AvgIpc) is 3.22. The van der Waals surface area contributed by atoms with Crippen molar-refractivity contribution in [2.75, 3.05) is 51.3 Å². The van der Waals surface area contributed by atoms with E-state index in [0.29, 0.717) is 48.4 Å². The molecule has 0 saturated carbocycles. The van der Waals surface area contributed by atoms with E-state index < -0.39 is 0 Å². The van der Waals surface area contributed by atoms with E-state index in [0.717, 1.165) is 36.5 Å². The van der Waals surface area contributed by atoms with Crippen LogP contribution < -0.4 is 9.64 Å². The molecule has 0 bridgehead atoms. The number of hydrogen-bond donors (Lipinski definition) is 0. The summed E-state index contributed by atoms with van der Waals surface area (Å²) in [6.45, 7) is 7.39. The first kappa shape index (κ1) is 28.4. The largest absolute Gasteiger partial charge is 0.497 e. The molecule has 39 heavy (non-hydrogen) atoms. The zero-order valence-corrected chi connectivity index (χ0v) is 23.6. The molecule has 1 saturated heterocycles. The molecule has 2 aromatic carbocycles. The van der Waals surface area contributed by atoms with Crippen molar-refractivity contribution in [3.05, 3.63) is 71.2 Å². The second kappa shape index (κ2) is 13.4. The summed E-state index contributed by atoms with van der Waals surface area (Å²) >= 11 is 6.31. The Morgan fingerprint density at radius 1 is 1.00 bits per heavy atom. The number of rotatable bonds is 9. The second-order valence-electron chi connectivity index (χ2n) is 10.1. The molecule has 0 radical (unpaired) electrons. The summed E-state index contributed by atoms with van der Waals surface area (Å²) in [5.41, 5.74) is 2.08. The van der Waals surface area contributed by atoms with Gasteiger partial charge in [-0.15, -0.1) is 10.2 Å². The lowest BCUT2D eigenvalue weighted by Gasteiger charge is -2.28. The fourth-order valence-electron chi connectivity index (χ4n) is 4.57. The molecule has 1 aromatic heterocycles. The van der Waals surface area contributed by atoms with Crippen LogP contribution >= 0.6 is 11.6 Å². The van der Waals surface area contributed by atoms with E-state index in [-0.39, 0.29) is 18.4 Å². The summed E-state index contributed by atoms with van der Waals surface area (Å²) in [6.07, 6.45) is 1.62. The molecule has 2 heterocycles. The fourth-order valence-corrected chi connectivity index (χ4v) is 4.80. The summed E-state index contributed by atoms with van der Waals surface area (Å²) in [5, 5.41) is 9.47. The van der Waals surface area contributed by atoms with Crippen molar-refractivity contribution in [1.82, 2.24) is 20.0 Å². The highest BCUT2D eigenvalue weighted by Gasteiger charge is 2.25. The third-order valence-corrected chi connectivity index (χ3v) is 7.21. The van der Waals surface area contributed by atoms with Gasteiger partial charge in [0.1, 0.15) is 12.3 Å². The predicted octanol–water partition coefficient (Wildman–Crippen LogP) is 5.03. The number of halogens is 1. The number of aromatic nitrogens is 2. The Labute approximate surface area is 235 Å². The molecule has 8 nitrogen and oxygen atoms in total. The van der Waals surface area contributed by atoms with Crippen LogP contribution in [-0.4, -0.2) is 78.2 Å². The minimum Gasteiger partial charge on any atom is -0.497 e. The predicted molar refractivity (Wildman–Crippen MR) is 154 cm³/mol. The van der Waals surface area contributed by atoms with Gasteiger partial charge < -0.3 is 19.4 Å². The van der Waals surface area contributed by atoms with Crippen LogP contribution in [0, 0.1) is 5.92 Å². The van der Waals surface area contributed by atoms with Crippen LogP contribution in [0.15, 0.2) is 60.7 Å². The van der Waals surface area contributed by atoms with Crippen molar-refractivity contribution in [2.24, 2.45) is 5.92 Å². The maximum Gasteiger partial charge on any atom is 0.254 e. The van der Waals surface area contributed by atoms with Crippen LogP contribution in [0.1, 0.15) is 37.0 Å². The fraction of sp³-hybridized carbons (Fsp3) is 0.400. The van der Waals surface area contributed by atoms with Gasteiger partial charge in [0.05, 0.1) is 17.8 Å². The van der Waals surface area contributed by atoms with Gasteiger partial charge in [-0.1, -0.05) is 49.7 Å². The van der Waals surface area contributed by atoms with Gasteiger partial charge in [-0.05, 0) is 55.2 Å². The number of benzene rings is 2. The standard InChI is InChI=1S/C30H36ClN5O3/c1-22(2)14-17-36(30(38)23-8-6-9-24(20-23)39-3)21-29(37)35-16-7-15-34(18-19-35)28-13-12-27(32-33-28)25-10-4-5-11-26(25)31/h4-6,8-13,20,22H,7,14-19,21H2,1-3H3. The Hall–Kier alpha value is -3.65. The Balaban J connectivity index is 1.40. The van der Waals surface area contributed by atoms with Gasteiger partial charge in [0.15, 0.2) is 5.82 Å². The van der Waals surface area contributed by atoms with Crippen LogP contribution in [0.4, 0.5) is 5.82 Å². The molecule has 0 spiro atoms. The molecule has 0 N–H and O–H groups in total. The summed E-state index contributed by atoms with van der Waals surface area (Å²) in [5.74, 6) is 1.60. The summed E-state index contributed by atoms with van der Waals surface area (Å²) < 4.78 is 5.29. The Kier molecular flexibility index (Phi) is 9.76. The first-order valence-corrected chi connectivity index (χ1v) is 13.8. The first-order valence-electron chi connectivity index (χ1n) is 13.4. The molecular formula is C30H36ClN5O3. The smallest absolute Gasteiger partial charge is 0.254 e. The van der Waals surface area contributed by atoms with E-state index >= 15 is 0 Å². The summed E-state index contributed by atoms with van der Waals surface area (Å²) in [7, 11) is 1.57. The maximum absolute atomic E-state index is 13.4. The van der Waals surface area contributed by atoms with E-state index in [4.69, 9.17) is 16.3 Å². The van der Waals surface area contributed by atoms with Crippen LogP contribution in [0.3, 0.4) is 0 Å². The number of carbonyl (C=O) groups excluding carboxylic acids is 2. The van der Waals surface area contributed by atoms with Gasteiger partial charge in [-0.25, -0.2) is 0 Å². The number of methoxy groups -OCH3 is 1. The van der Waals surface area contributed by atoms with E-state index in [1.54, 1.807) is 36.3 Å². The summed E-state index contributed by atoms with van der Waals surface area (Å²) in [4.78, 5) is 32.4. The minimum atomic E-state index is -0.159. The highest BCUT2D eigenvalue weighted by atomic mass is 35.5. The van der Waals surface area contributed by atoms with Crippen molar-refractivity contribution in [2.45, 2.75) is 26.7 Å². The molecule has 3 aromatic rings. The van der Waals surface area contributed by atoms with Crippen molar-refractivity contribution in [3.8, 4) is 17.0 Å². The number of amides is 2. The molecule has 1 fully saturated rings. The number of anilines is 1. The molecule has 0 atom stereocenters. The molecular weight excluding hydrogens is 514 g/mol. The number of hydrogen-bond acceptors (Lipinski definition) is 6. The van der Waals surface area contributed by atoms with Gasteiger partial charge in [0, 0.05) is 43.9 Å². The number of nitrogens with zero attached hydrogens (tertiary/aromatic N) is 5. The topological polar surface area (TPSA) is 78.9 Å². The quantitative estimate of drug-likeness (QED) is 0.372. The van der Waals surface area contributed by atoms with Crippen LogP contribution in [0.25, 0.3) is 11.3 Å². The zero-order chi connectivity index (χ0) is 27.8. The highest BCUT2D eigenvalue weighted by molar-refractivity contribution is 6.33. The highest BCUT2D eigenvalue weighted by Crippen LogP contribution is 2.26. The SMILES string of the molecule is COc1cccc(C(=O)N(CCC(C)C)CC(=O)N2CCCN(c3ccc(-c4ccccc4Cl)nn3)CC2)c1. The van der Waals surface area contributed by atoms with E-state index in [1.165, 1.54) is 0 Å². The van der Waals surface area contributed by atoms with E-state index in [1.807, 2.05) is 41.3 Å². The third-order valence-electron chi connectivity index (χ3n) is 6.88. The van der Waals surface area contributed by atoms with E-state index in [2.05, 4.69) is 28.9 Å². The van der Waals surface area contributed by atoms with Crippen LogP contribution in [0.2, 0.25) is 5.02 Å². The lowest BCUT2D eigenvalue weighted by molar-refractivity contribution is -0.131. The van der Waals surface area contributed by atoms with Gasteiger partial charge in [0.25, 0.3) is 5.91 Å². The lowest BCUT2D eigenvalue weighted by Crippen LogP contribution is -2.44. The first-order chi connectivity index (χ1) is 18.9. The van der Waals surface area contributed by atoms with Gasteiger partial charge in [0.2, 0.25) is 5.91 Å². The van der Waals surface area contributed by atoms with Crippen molar-refractivity contribution in [3.63, 3.8) is 0 Å². The molecule has 206 valence electrons. The molecule has 0 unspecified atom stereocenters. The Bertz CT molecular complexity index is 1270. The second-order valence-corrected chi connectivity index (χ2v) is 10.5. The molecule has 4 rings (SSSR count). The van der Waals surface area contributed by atoms with E-state index in [9.17, 15) is 9.59 Å². The average molecular weight is 550 g/mol. The third kappa shape index (κ3) is 7.47. The maximum atomic E-state index is 13.4. The van der Waals surface area contributed by atoms with Crippen LogP contribution in [0.5, 0.6) is 5.75 Å². The monoisotopic (exact) mass is 549 g/mol. The van der Waals surface area contributed by atoms with Gasteiger partial charge in [-0.2, -0.15) is 0 Å².